The van der Waals surface area contributed by atoms with Gasteiger partial charge in [0.15, 0.2) is 0 Å². The van der Waals surface area contributed by atoms with Gasteiger partial charge in [-0.1, -0.05) is 58.1 Å². The summed E-state index contributed by atoms with van der Waals surface area (Å²) in [4.78, 5) is 25.8. The van der Waals surface area contributed by atoms with E-state index in [2.05, 4.69) is 19.2 Å². The number of para-hydroxylation sites is 2. The molecule has 0 aliphatic heterocycles. The number of hydrogen-bond donors (Lipinski definition) is 1. The van der Waals surface area contributed by atoms with E-state index < -0.39 is 0 Å². The van der Waals surface area contributed by atoms with Crippen molar-refractivity contribution in [3.8, 4) is 0 Å². The van der Waals surface area contributed by atoms with Crippen LogP contribution in [-0.4, -0.2) is 21.2 Å². The summed E-state index contributed by atoms with van der Waals surface area (Å²) in [5.41, 5.74) is 1.21. The monoisotopic (exact) mass is 359 g/mol. The van der Waals surface area contributed by atoms with Gasteiger partial charge >= 0.3 is 11.7 Å². The summed E-state index contributed by atoms with van der Waals surface area (Å²) < 4.78 is 2.98. The molecule has 0 aliphatic rings. The highest BCUT2D eigenvalue weighted by atomic mass is 16.2. The lowest BCUT2D eigenvalue weighted by Gasteiger charge is -2.18. The minimum atomic E-state index is -0.306. The maximum absolute atomic E-state index is 12.9. The molecule has 0 saturated carbocycles. The summed E-state index contributed by atoms with van der Waals surface area (Å²) in [5.74, 6) is 0. The third-order valence-electron chi connectivity index (χ3n) is 4.87. The number of nitrogens with one attached hydrogen (secondary N) is 1. The Hall–Kier alpha value is -2.04. The summed E-state index contributed by atoms with van der Waals surface area (Å²) in [6.45, 7) is 8.25. The predicted molar refractivity (Wildman–Crippen MR) is 108 cm³/mol. The number of benzene rings is 1. The van der Waals surface area contributed by atoms with Gasteiger partial charge in [0.1, 0.15) is 0 Å². The zero-order valence-corrected chi connectivity index (χ0v) is 16.6. The molecule has 1 atom stereocenters. The van der Waals surface area contributed by atoms with Gasteiger partial charge in [-0.15, -0.1) is 0 Å². The van der Waals surface area contributed by atoms with Crippen LogP contribution in [0.15, 0.2) is 29.1 Å². The quantitative estimate of drug-likeness (QED) is 0.635. The first-order valence-corrected chi connectivity index (χ1v) is 10.0. The van der Waals surface area contributed by atoms with Gasteiger partial charge in [0.25, 0.3) is 0 Å². The molecule has 1 aromatic carbocycles. The average molecular weight is 360 g/mol. The van der Waals surface area contributed by atoms with Crippen molar-refractivity contribution in [1.82, 2.24) is 14.5 Å². The number of fused-ring (bicyclic) bond motifs is 1. The van der Waals surface area contributed by atoms with Crippen LogP contribution in [0.4, 0.5) is 4.79 Å². The zero-order chi connectivity index (χ0) is 19.1. The van der Waals surface area contributed by atoms with E-state index in [-0.39, 0.29) is 23.8 Å². The second kappa shape index (κ2) is 9.60. The lowest BCUT2D eigenvalue weighted by Crippen LogP contribution is -2.42. The highest BCUT2D eigenvalue weighted by Gasteiger charge is 2.21. The van der Waals surface area contributed by atoms with Crippen LogP contribution < -0.4 is 11.0 Å². The summed E-state index contributed by atoms with van der Waals surface area (Å²) >= 11 is 0. The van der Waals surface area contributed by atoms with Crippen molar-refractivity contribution in [3.63, 3.8) is 0 Å². The number of nitrogens with zero attached hydrogens (tertiary/aromatic N) is 2. The third kappa shape index (κ3) is 4.57. The molecular weight excluding hydrogens is 326 g/mol. The van der Waals surface area contributed by atoms with Gasteiger partial charge in [0.2, 0.25) is 0 Å². The summed E-state index contributed by atoms with van der Waals surface area (Å²) in [7, 11) is 0. The molecule has 2 rings (SSSR count). The van der Waals surface area contributed by atoms with Crippen LogP contribution in [0.5, 0.6) is 0 Å². The Balaban J connectivity index is 2.25. The molecule has 2 aromatic rings. The Kier molecular flexibility index (Phi) is 7.49. The number of carbonyl (C=O) groups excluding carboxylic acids is 1. The first kappa shape index (κ1) is 20.3. The normalized spacial score (nSPS) is 12.7. The molecule has 1 N–H and O–H groups in total. The fourth-order valence-electron chi connectivity index (χ4n) is 3.56. The van der Waals surface area contributed by atoms with Gasteiger partial charge in [-0.25, -0.2) is 14.2 Å². The predicted octanol–water partition coefficient (Wildman–Crippen LogP) is 5.08. The number of carbonyl (C=O) groups is 1. The molecule has 0 spiro atoms. The number of rotatable bonds is 9. The third-order valence-corrected chi connectivity index (χ3v) is 4.87. The maximum atomic E-state index is 12.9. The lowest BCUT2D eigenvalue weighted by molar-refractivity contribution is 0.236. The minimum Gasteiger partial charge on any atom is -0.335 e. The molecular formula is C21H33N3O2. The Labute approximate surface area is 156 Å². The molecule has 0 fully saturated rings. The first-order valence-electron chi connectivity index (χ1n) is 10.0. The Morgan fingerprint density at radius 3 is 2.31 bits per heavy atom. The molecule has 1 heterocycles. The average Bonchev–Trinajstić information content (AvgIpc) is 2.90. The van der Waals surface area contributed by atoms with Crippen molar-refractivity contribution < 1.29 is 4.79 Å². The van der Waals surface area contributed by atoms with Crippen LogP contribution in [0.25, 0.3) is 11.0 Å². The Bertz CT molecular complexity index is 773. The van der Waals surface area contributed by atoms with Crippen LogP contribution in [0.2, 0.25) is 0 Å². The van der Waals surface area contributed by atoms with Gasteiger partial charge in [0.05, 0.1) is 11.0 Å². The summed E-state index contributed by atoms with van der Waals surface area (Å²) in [6, 6.07) is 7.32. The van der Waals surface area contributed by atoms with E-state index in [0.717, 1.165) is 31.2 Å². The zero-order valence-electron chi connectivity index (χ0n) is 16.6. The molecule has 0 saturated heterocycles. The molecule has 1 unspecified atom stereocenters. The smallest absolute Gasteiger partial charge is 0.335 e. The van der Waals surface area contributed by atoms with Gasteiger partial charge in [-0.05, 0) is 38.8 Å². The highest BCUT2D eigenvalue weighted by molar-refractivity contribution is 5.89. The van der Waals surface area contributed by atoms with E-state index >= 15 is 0 Å². The van der Waals surface area contributed by atoms with Crippen molar-refractivity contribution in [2.45, 2.75) is 84.7 Å². The topological polar surface area (TPSA) is 56.0 Å². The number of amides is 1. The van der Waals surface area contributed by atoms with Crippen molar-refractivity contribution in [2.75, 3.05) is 0 Å². The van der Waals surface area contributed by atoms with Crippen LogP contribution in [0.3, 0.4) is 0 Å². The SMILES string of the molecule is CCCCCCC(CCC)NC(=O)n1c(=O)n(C(C)C)c2ccccc21. The molecule has 0 aliphatic carbocycles. The maximum Gasteiger partial charge on any atom is 0.337 e. The molecule has 5 nitrogen and oxygen atoms in total. The fourth-order valence-corrected chi connectivity index (χ4v) is 3.56. The van der Waals surface area contributed by atoms with Crippen LogP contribution in [-0.2, 0) is 0 Å². The molecule has 26 heavy (non-hydrogen) atoms. The van der Waals surface area contributed by atoms with Crippen molar-refractivity contribution >= 4 is 17.1 Å². The van der Waals surface area contributed by atoms with Gasteiger partial charge in [0, 0.05) is 12.1 Å². The van der Waals surface area contributed by atoms with Gasteiger partial charge in [-0.2, -0.15) is 0 Å². The van der Waals surface area contributed by atoms with Crippen LogP contribution in [0, 0.1) is 0 Å². The first-order chi connectivity index (χ1) is 12.5. The second-order valence-electron chi connectivity index (χ2n) is 7.35. The summed E-state index contributed by atoms with van der Waals surface area (Å²) in [6.07, 6.45) is 7.66. The van der Waals surface area contributed by atoms with Crippen molar-refractivity contribution in [2.24, 2.45) is 0 Å². The molecule has 1 amide bonds. The number of aromatic nitrogens is 2. The Morgan fingerprint density at radius 1 is 1.00 bits per heavy atom. The largest absolute Gasteiger partial charge is 0.337 e. The van der Waals surface area contributed by atoms with Gasteiger partial charge in [-0.3, -0.25) is 4.57 Å². The van der Waals surface area contributed by atoms with E-state index in [0.29, 0.717) is 5.52 Å². The lowest BCUT2D eigenvalue weighted by atomic mass is 10.0. The minimum absolute atomic E-state index is 0.00179. The highest BCUT2D eigenvalue weighted by Crippen LogP contribution is 2.17. The van der Waals surface area contributed by atoms with Crippen molar-refractivity contribution in [1.29, 1.82) is 0 Å². The van der Waals surface area contributed by atoms with E-state index in [9.17, 15) is 9.59 Å². The molecule has 0 radical (unpaired) electrons. The van der Waals surface area contributed by atoms with E-state index in [4.69, 9.17) is 0 Å². The standard InChI is InChI=1S/C21H33N3O2/c1-5-7-8-9-13-17(12-6-2)22-20(25)24-19-15-11-10-14-18(19)23(16(3)4)21(24)26/h10-11,14-17H,5-9,12-13H2,1-4H3,(H,22,25). The van der Waals surface area contributed by atoms with Crippen LogP contribution in [0.1, 0.15) is 78.7 Å². The number of unbranched alkanes of at least 4 members (excludes halogenated alkanes) is 3. The van der Waals surface area contributed by atoms with Gasteiger partial charge < -0.3 is 5.32 Å². The molecule has 144 valence electrons. The van der Waals surface area contributed by atoms with E-state index in [1.165, 1.54) is 23.8 Å². The fraction of sp³-hybridized carbons (Fsp3) is 0.619. The number of imidazole rings is 1. The molecule has 5 heteroatoms. The van der Waals surface area contributed by atoms with E-state index in [1.807, 2.05) is 38.1 Å². The second-order valence-corrected chi connectivity index (χ2v) is 7.35. The van der Waals surface area contributed by atoms with Crippen molar-refractivity contribution in [3.05, 3.63) is 34.7 Å². The Morgan fingerprint density at radius 2 is 1.69 bits per heavy atom. The molecule has 1 aromatic heterocycles. The van der Waals surface area contributed by atoms with Crippen LogP contribution >= 0.6 is 0 Å². The number of hydrogen-bond acceptors (Lipinski definition) is 2. The molecule has 0 bridgehead atoms. The van der Waals surface area contributed by atoms with E-state index in [1.54, 1.807) is 4.57 Å². The summed E-state index contributed by atoms with van der Waals surface area (Å²) in [5, 5.41) is 3.11.